The van der Waals surface area contributed by atoms with Gasteiger partial charge in [0.25, 0.3) is 0 Å². The number of carbonyl (C=O) groups is 3. The van der Waals surface area contributed by atoms with Crippen LogP contribution < -0.4 is 0 Å². The number of phosphoric ester groups is 2. The molecule has 0 rings (SSSR count). The number of carbonyl (C=O) groups excluding carboxylic acids is 3. The highest BCUT2D eigenvalue weighted by molar-refractivity contribution is 7.47. The molecule has 0 aromatic rings. The average molecular weight is 1510 g/mol. The number of ether oxygens (including phenoxy) is 3. The maximum absolute atomic E-state index is 13.0. The van der Waals surface area contributed by atoms with Gasteiger partial charge in [0.05, 0.1) is 26.4 Å². The second-order valence-corrected chi connectivity index (χ2v) is 29.4. The lowest BCUT2D eigenvalue weighted by atomic mass is 10.0. The molecule has 0 fully saturated rings. The van der Waals surface area contributed by atoms with Crippen molar-refractivity contribution in [2.75, 3.05) is 39.6 Å². The summed E-state index contributed by atoms with van der Waals surface area (Å²) in [6.45, 7) is 2.34. The molecule has 0 aromatic heterocycles. The molecule has 0 saturated carbocycles. The van der Waals surface area contributed by atoms with Crippen molar-refractivity contribution in [3.63, 3.8) is 0 Å². The van der Waals surface area contributed by atoms with E-state index in [2.05, 4.69) is 179 Å². The predicted octanol–water partition coefficient (Wildman–Crippen LogP) is 24.0. The molecule has 0 heterocycles. The Morgan fingerprint density at radius 2 is 0.514 bits per heavy atom. The van der Waals surface area contributed by atoms with Crippen LogP contribution in [0.2, 0.25) is 0 Å². The molecule has 0 radical (unpaired) electrons. The van der Waals surface area contributed by atoms with Crippen LogP contribution in [0, 0.1) is 0 Å². The zero-order valence-corrected chi connectivity index (χ0v) is 67.1. The number of aliphatic hydroxyl groups excluding tert-OH is 2. The third-order valence-electron chi connectivity index (χ3n) is 16.4. The Bertz CT molecular complexity index is 2590. The second kappa shape index (κ2) is 78.5. The van der Waals surface area contributed by atoms with E-state index in [0.29, 0.717) is 25.7 Å². The maximum Gasteiger partial charge on any atom is 0.472 e. The molecule has 0 aliphatic carbocycles. The Labute approximate surface area is 637 Å². The van der Waals surface area contributed by atoms with Crippen LogP contribution in [0.3, 0.4) is 0 Å². The van der Waals surface area contributed by atoms with Crippen LogP contribution in [0.5, 0.6) is 0 Å². The molecule has 0 amide bonds. The molecule has 0 aliphatic rings. The summed E-state index contributed by atoms with van der Waals surface area (Å²) >= 11 is 0. The first-order valence-corrected chi connectivity index (χ1v) is 43.4. The van der Waals surface area contributed by atoms with Crippen LogP contribution in [0.1, 0.15) is 303 Å². The molecule has 0 aliphatic heterocycles. The minimum Gasteiger partial charge on any atom is -0.463 e. The van der Waals surface area contributed by atoms with Gasteiger partial charge in [0.15, 0.2) is 6.10 Å². The molecular weight excluding hydrogens is 1360 g/mol. The summed E-state index contributed by atoms with van der Waals surface area (Å²) in [5, 5.41) is 20.7. The number of aliphatic hydroxyl groups is 2. The number of unbranched alkanes of at least 4 members (excludes halogenated alkanes) is 24. The lowest BCUT2D eigenvalue weighted by Gasteiger charge is -2.21. The van der Waals surface area contributed by atoms with E-state index in [1.165, 1.54) is 96.3 Å². The third kappa shape index (κ3) is 79.8. The number of hydrogen-bond donors (Lipinski definition) is 4. The van der Waals surface area contributed by atoms with Crippen LogP contribution >= 0.6 is 15.6 Å². The quantitative estimate of drug-likeness (QED) is 0.0146. The number of rotatable bonds is 75. The highest BCUT2D eigenvalue weighted by Gasteiger charge is 2.29. The Kier molecular flexibility index (Phi) is 74.7. The SMILES string of the molecule is CC/C=C\C/C=C\C/C=C\C/C=C\C/C=C\CCCCCCCCCCCC(=O)OCC(COP(=O)(O)OCC(O)COP(=O)(O)OCC(O)COC(=O)CCCCCCCCCCCCC/C=C\C/C=C\C/C=C\C/C=C\CCCCC)OC(=O)CCC/C=C\C/C=C\C/C=C\C/C=C\C/C=C\CC. The van der Waals surface area contributed by atoms with Crippen molar-refractivity contribution in [2.24, 2.45) is 0 Å². The summed E-state index contributed by atoms with van der Waals surface area (Å²) in [6.07, 6.45) is 99.8. The molecule has 0 aromatic carbocycles. The fourth-order valence-electron chi connectivity index (χ4n) is 10.3. The second-order valence-electron chi connectivity index (χ2n) is 26.5. The van der Waals surface area contributed by atoms with Gasteiger partial charge in [-0.3, -0.25) is 32.5 Å². The van der Waals surface area contributed by atoms with Crippen molar-refractivity contribution in [3.8, 4) is 0 Å². The van der Waals surface area contributed by atoms with Gasteiger partial charge >= 0.3 is 33.6 Å². The predicted molar refractivity (Wildman–Crippen MR) is 435 cm³/mol. The molecule has 18 heteroatoms. The van der Waals surface area contributed by atoms with Crippen molar-refractivity contribution in [1.82, 2.24) is 0 Å². The summed E-state index contributed by atoms with van der Waals surface area (Å²) in [7, 11) is -9.83. The summed E-state index contributed by atoms with van der Waals surface area (Å²) in [4.78, 5) is 58.7. The minimum absolute atomic E-state index is 0.0189. The van der Waals surface area contributed by atoms with E-state index in [-0.39, 0.29) is 19.3 Å². The van der Waals surface area contributed by atoms with E-state index in [1.54, 1.807) is 0 Å². The first-order chi connectivity index (χ1) is 51.2. The van der Waals surface area contributed by atoms with Gasteiger partial charge in [-0.25, -0.2) is 9.13 Å². The summed E-state index contributed by atoms with van der Waals surface area (Å²) < 4.78 is 61.1. The fourth-order valence-corrected chi connectivity index (χ4v) is 11.9. The van der Waals surface area contributed by atoms with Gasteiger partial charge in [-0.2, -0.15) is 0 Å². The Hall–Kier alpha value is -5.09. The monoisotopic (exact) mass is 1510 g/mol. The Morgan fingerprint density at radius 3 is 0.829 bits per heavy atom. The van der Waals surface area contributed by atoms with Crippen LogP contribution in [-0.4, -0.2) is 95.9 Å². The van der Waals surface area contributed by atoms with Gasteiger partial charge in [-0.15, -0.1) is 0 Å². The summed E-state index contributed by atoms with van der Waals surface area (Å²) in [5.74, 6) is -1.66. The lowest BCUT2D eigenvalue weighted by Crippen LogP contribution is -2.30. The summed E-state index contributed by atoms with van der Waals surface area (Å²) in [5.41, 5.74) is 0. The largest absolute Gasteiger partial charge is 0.472 e. The highest BCUT2D eigenvalue weighted by atomic mass is 31.2. The minimum atomic E-state index is -4.96. The van der Waals surface area contributed by atoms with E-state index in [1.807, 2.05) is 12.2 Å². The van der Waals surface area contributed by atoms with Gasteiger partial charge in [0.1, 0.15) is 25.4 Å². The van der Waals surface area contributed by atoms with Gasteiger partial charge < -0.3 is 34.2 Å². The highest BCUT2D eigenvalue weighted by Crippen LogP contribution is 2.45. The van der Waals surface area contributed by atoms with Crippen LogP contribution in [0.15, 0.2) is 170 Å². The smallest absolute Gasteiger partial charge is 0.463 e. The van der Waals surface area contributed by atoms with Crippen molar-refractivity contribution in [3.05, 3.63) is 170 Å². The van der Waals surface area contributed by atoms with Crippen molar-refractivity contribution in [2.45, 2.75) is 322 Å². The molecule has 0 spiro atoms. The first kappa shape index (κ1) is 99.9. The van der Waals surface area contributed by atoms with Crippen LogP contribution in [-0.2, 0) is 55.8 Å². The normalized spacial score (nSPS) is 14.8. The molecule has 0 saturated heterocycles. The average Bonchev–Trinajstić information content (AvgIpc) is 0.919. The molecule has 4 N–H and O–H groups in total. The van der Waals surface area contributed by atoms with E-state index in [4.69, 9.17) is 32.3 Å². The maximum atomic E-state index is 13.0. The molecule has 5 unspecified atom stereocenters. The molecule has 105 heavy (non-hydrogen) atoms. The van der Waals surface area contributed by atoms with Crippen molar-refractivity contribution < 1.29 is 75.8 Å². The van der Waals surface area contributed by atoms with Gasteiger partial charge in [-0.1, -0.05) is 306 Å². The van der Waals surface area contributed by atoms with Crippen molar-refractivity contribution in [1.29, 1.82) is 0 Å². The molecular formula is C87H144O16P2. The van der Waals surface area contributed by atoms with E-state index in [0.717, 1.165) is 141 Å². The molecule has 16 nitrogen and oxygen atoms in total. The van der Waals surface area contributed by atoms with E-state index in [9.17, 15) is 43.5 Å². The Morgan fingerprint density at radius 1 is 0.276 bits per heavy atom. The van der Waals surface area contributed by atoms with Crippen LogP contribution in [0.4, 0.5) is 0 Å². The van der Waals surface area contributed by atoms with Crippen LogP contribution in [0.25, 0.3) is 0 Å². The molecule has 0 bridgehead atoms. The first-order valence-electron chi connectivity index (χ1n) is 40.4. The fraction of sp³-hybridized carbons (Fsp3) is 0.644. The number of phosphoric acid groups is 2. The lowest BCUT2D eigenvalue weighted by molar-refractivity contribution is -0.161. The number of hydrogen-bond acceptors (Lipinski definition) is 14. The zero-order chi connectivity index (χ0) is 76.6. The molecule has 598 valence electrons. The number of esters is 3. The van der Waals surface area contributed by atoms with E-state index >= 15 is 0 Å². The van der Waals surface area contributed by atoms with E-state index < -0.39 is 91.5 Å². The van der Waals surface area contributed by atoms with Gasteiger partial charge in [0, 0.05) is 19.3 Å². The number of allylic oxidation sites excluding steroid dienone is 28. The zero-order valence-electron chi connectivity index (χ0n) is 65.3. The van der Waals surface area contributed by atoms with Gasteiger partial charge in [0.2, 0.25) is 0 Å². The molecule has 5 atom stereocenters. The topological polar surface area (TPSA) is 231 Å². The standard InChI is InChI=1S/C87H144O16P2/c1-4-7-10-13-16-19-22-25-28-31-33-35-37-39-40-42-44-45-47-50-52-55-58-61-64-67-70-73-85(90)97-76-82(88)77-99-104(93,94)100-78-83(89)79-101-105(95,96)102-81-84(103-87(92)75-72-69-66-63-60-57-54-49-30-27-24-21-18-15-12-9-6-3)80-98-86(91)74-71-68-65-62-59-56-53-51-48-46-43-41-38-36-34-32-29-26-23-20-17-14-11-8-5-2/h8-9,11-12,16-21,25-30,33-36,39-41,43,54,57,63,66,82-84,88-89H,4-7,10,13-15,22-24,31-32,37-38,42,44-53,55-56,58-62,64-65,67-81H2,1-3H3,(H,93,94)(H,95,96)/b11-8-,12-9-,19-16-,20-17-,21-18-,28-25-,29-26-,30-27-,35-33-,36-34-,40-39-,43-41-,57-54-,66-63-. The third-order valence-corrected chi connectivity index (χ3v) is 18.3. The van der Waals surface area contributed by atoms with Crippen molar-refractivity contribution >= 4 is 33.6 Å². The summed E-state index contributed by atoms with van der Waals surface area (Å²) in [6, 6.07) is 0. The Balaban J connectivity index is 4.65. The van der Waals surface area contributed by atoms with Gasteiger partial charge in [-0.05, 0) is 148 Å².